The van der Waals surface area contributed by atoms with Crippen LogP contribution in [0.1, 0.15) is 16.1 Å². The Kier molecular flexibility index (Phi) is 5.66. The van der Waals surface area contributed by atoms with Crippen molar-refractivity contribution in [3.05, 3.63) is 59.8 Å². The number of hydrogen-bond donors (Lipinski definition) is 1. The highest BCUT2D eigenvalue weighted by Crippen LogP contribution is 2.23. The number of thioether (sulfide) groups is 1. The predicted molar refractivity (Wildman–Crippen MR) is 103 cm³/mol. The van der Waals surface area contributed by atoms with Gasteiger partial charge in [0.05, 0.1) is 19.5 Å². The lowest BCUT2D eigenvalue weighted by molar-refractivity contribution is 0.102. The lowest BCUT2D eigenvalue weighted by Gasteiger charge is -2.07. The molecule has 0 spiro atoms. The standard InChI is InChI=1S/C20H21NO3S/c1-14-20(17-5-3-4-6-18(17)21-14)19(22)13-25-12-11-24-16-9-7-15(23-2)8-10-16/h3-10,21H,11-13H2,1-2H3. The Balaban J connectivity index is 1.48. The minimum atomic E-state index is 0.157. The Morgan fingerprint density at radius 1 is 1.08 bits per heavy atom. The summed E-state index contributed by atoms with van der Waals surface area (Å²) >= 11 is 1.59. The van der Waals surface area contributed by atoms with E-state index in [1.165, 1.54) is 0 Å². The van der Waals surface area contributed by atoms with Gasteiger partial charge in [-0.1, -0.05) is 18.2 Å². The van der Waals surface area contributed by atoms with Gasteiger partial charge in [0, 0.05) is 27.9 Å². The number of aryl methyl sites for hydroxylation is 1. The number of aromatic amines is 1. The predicted octanol–water partition coefficient (Wildman–Crippen LogP) is 4.48. The number of ketones is 1. The van der Waals surface area contributed by atoms with Crippen molar-refractivity contribution in [2.45, 2.75) is 6.92 Å². The number of aromatic nitrogens is 1. The van der Waals surface area contributed by atoms with Gasteiger partial charge >= 0.3 is 0 Å². The van der Waals surface area contributed by atoms with E-state index in [0.29, 0.717) is 12.4 Å². The van der Waals surface area contributed by atoms with Crippen LogP contribution >= 0.6 is 11.8 Å². The fourth-order valence-corrected chi connectivity index (χ4v) is 3.44. The van der Waals surface area contributed by atoms with E-state index in [-0.39, 0.29) is 5.78 Å². The molecule has 0 aliphatic rings. The Hall–Kier alpha value is -2.40. The summed E-state index contributed by atoms with van der Waals surface area (Å²) in [7, 11) is 1.64. The lowest BCUT2D eigenvalue weighted by Crippen LogP contribution is -2.07. The summed E-state index contributed by atoms with van der Waals surface area (Å²) in [6, 6.07) is 15.4. The average Bonchev–Trinajstić information content (AvgIpc) is 2.97. The molecule has 1 heterocycles. The minimum absolute atomic E-state index is 0.157. The van der Waals surface area contributed by atoms with Gasteiger partial charge in [-0.25, -0.2) is 0 Å². The number of fused-ring (bicyclic) bond motifs is 1. The molecule has 3 aromatic rings. The molecule has 1 aromatic heterocycles. The first-order valence-corrected chi connectivity index (χ1v) is 9.29. The first kappa shape index (κ1) is 17.4. The van der Waals surface area contributed by atoms with E-state index in [4.69, 9.17) is 9.47 Å². The third-order valence-electron chi connectivity index (χ3n) is 3.96. The zero-order chi connectivity index (χ0) is 17.6. The van der Waals surface area contributed by atoms with Crippen molar-refractivity contribution in [1.29, 1.82) is 0 Å². The number of methoxy groups -OCH3 is 1. The summed E-state index contributed by atoms with van der Waals surface area (Å²) in [6.07, 6.45) is 0. The number of H-pyrrole nitrogens is 1. The fraction of sp³-hybridized carbons (Fsp3) is 0.250. The molecule has 0 saturated carbocycles. The van der Waals surface area contributed by atoms with Crippen LogP contribution in [0.15, 0.2) is 48.5 Å². The summed E-state index contributed by atoms with van der Waals surface area (Å²) in [5.41, 5.74) is 2.75. The highest BCUT2D eigenvalue weighted by atomic mass is 32.2. The third kappa shape index (κ3) is 4.17. The van der Waals surface area contributed by atoms with Crippen molar-refractivity contribution in [1.82, 2.24) is 4.98 Å². The number of Topliss-reactive ketones (excluding diaryl/α,β-unsaturated/α-hetero) is 1. The van der Waals surface area contributed by atoms with Crippen LogP contribution in [0.3, 0.4) is 0 Å². The number of ether oxygens (including phenoxy) is 2. The quantitative estimate of drug-likeness (QED) is 0.478. The molecule has 0 radical (unpaired) electrons. The SMILES string of the molecule is COc1ccc(OCCSCC(=O)c2c(C)[nH]c3ccccc23)cc1. The van der Waals surface area contributed by atoms with Crippen LogP contribution < -0.4 is 9.47 Å². The maximum absolute atomic E-state index is 12.5. The molecule has 1 N–H and O–H groups in total. The number of rotatable bonds is 8. The number of carbonyl (C=O) groups excluding carboxylic acids is 1. The van der Waals surface area contributed by atoms with Crippen LogP contribution in [0.5, 0.6) is 11.5 Å². The monoisotopic (exact) mass is 355 g/mol. The van der Waals surface area contributed by atoms with Gasteiger partial charge in [0.2, 0.25) is 0 Å². The lowest BCUT2D eigenvalue weighted by atomic mass is 10.1. The van der Waals surface area contributed by atoms with Crippen LogP contribution in [0.4, 0.5) is 0 Å². The maximum Gasteiger partial charge on any atom is 0.175 e. The molecule has 0 atom stereocenters. The zero-order valence-corrected chi connectivity index (χ0v) is 15.2. The molecular weight excluding hydrogens is 334 g/mol. The molecule has 5 heteroatoms. The molecule has 2 aromatic carbocycles. The van der Waals surface area contributed by atoms with E-state index >= 15 is 0 Å². The molecule has 4 nitrogen and oxygen atoms in total. The Bertz CT molecular complexity index is 855. The maximum atomic E-state index is 12.5. The molecule has 25 heavy (non-hydrogen) atoms. The second-order valence-electron chi connectivity index (χ2n) is 5.67. The average molecular weight is 355 g/mol. The highest BCUT2D eigenvalue weighted by Gasteiger charge is 2.15. The molecule has 0 fully saturated rings. The number of para-hydroxylation sites is 1. The molecule has 0 bridgehead atoms. The Morgan fingerprint density at radius 2 is 1.80 bits per heavy atom. The molecule has 0 saturated heterocycles. The Morgan fingerprint density at radius 3 is 2.56 bits per heavy atom. The number of benzene rings is 2. The Labute approximate surface area is 151 Å². The van der Waals surface area contributed by atoms with E-state index < -0.39 is 0 Å². The smallest absolute Gasteiger partial charge is 0.175 e. The molecule has 0 aliphatic heterocycles. The van der Waals surface area contributed by atoms with Gasteiger partial charge in [0.25, 0.3) is 0 Å². The molecule has 0 aliphatic carbocycles. The van der Waals surface area contributed by atoms with E-state index in [9.17, 15) is 4.79 Å². The fourth-order valence-electron chi connectivity index (χ4n) is 2.76. The summed E-state index contributed by atoms with van der Waals surface area (Å²) in [6.45, 7) is 2.52. The van der Waals surface area contributed by atoms with E-state index in [2.05, 4.69) is 4.98 Å². The number of carbonyl (C=O) groups is 1. The summed E-state index contributed by atoms with van der Waals surface area (Å²) in [4.78, 5) is 15.8. The van der Waals surface area contributed by atoms with Crippen molar-refractivity contribution in [3.8, 4) is 11.5 Å². The van der Waals surface area contributed by atoms with E-state index in [0.717, 1.165) is 39.4 Å². The van der Waals surface area contributed by atoms with E-state index in [1.54, 1.807) is 18.9 Å². The van der Waals surface area contributed by atoms with Crippen LogP contribution in [-0.2, 0) is 0 Å². The van der Waals surface area contributed by atoms with E-state index in [1.807, 2.05) is 55.5 Å². The first-order valence-electron chi connectivity index (χ1n) is 8.14. The first-order chi connectivity index (χ1) is 12.2. The number of nitrogens with one attached hydrogen (secondary N) is 1. The minimum Gasteiger partial charge on any atom is -0.497 e. The van der Waals surface area contributed by atoms with Crippen molar-refractivity contribution in [2.75, 3.05) is 25.2 Å². The van der Waals surface area contributed by atoms with Crippen LogP contribution in [0, 0.1) is 6.92 Å². The van der Waals surface area contributed by atoms with Crippen LogP contribution in [0.2, 0.25) is 0 Å². The van der Waals surface area contributed by atoms with Gasteiger partial charge < -0.3 is 14.5 Å². The highest BCUT2D eigenvalue weighted by molar-refractivity contribution is 8.00. The number of hydrogen-bond acceptors (Lipinski definition) is 4. The van der Waals surface area contributed by atoms with Gasteiger partial charge in [-0.3, -0.25) is 4.79 Å². The van der Waals surface area contributed by atoms with Gasteiger partial charge in [-0.15, -0.1) is 0 Å². The van der Waals surface area contributed by atoms with Gasteiger partial charge in [-0.05, 0) is 37.3 Å². The normalized spacial score (nSPS) is 10.8. The second kappa shape index (κ2) is 8.12. The molecule has 0 amide bonds. The third-order valence-corrected chi connectivity index (χ3v) is 4.88. The molecular formula is C20H21NO3S. The van der Waals surface area contributed by atoms with Crippen molar-refractivity contribution in [2.24, 2.45) is 0 Å². The van der Waals surface area contributed by atoms with Gasteiger partial charge in [0.15, 0.2) is 5.78 Å². The topological polar surface area (TPSA) is 51.3 Å². The van der Waals surface area contributed by atoms with Gasteiger partial charge in [-0.2, -0.15) is 11.8 Å². The largest absolute Gasteiger partial charge is 0.497 e. The van der Waals surface area contributed by atoms with Crippen molar-refractivity contribution >= 4 is 28.4 Å². The second-order valence-corrected chi connectivity index (χ2v) is 6.78. The summed E-state index contributed by atoms with van der Waals surface area (Å²) in [5.74, 6) is 2.99. The summed E-state index contributed by atoms with van der Waals surface area (Å²) < 4.78 is 10.8. The van der Waals surface area contributed by atoms with Crippen molar-refractivity contribution < 1.29 is 14.3 Å². The van der Waals surface area contributed by atoms with Crippen molar-refractivity contribution in [3.63, 3.8) is 0 Å². The molecule has 0 unspecified atom stereocenters. The van der Waals surface area contributed by atoms with Gasteiger partial charge in [0.1, 0.15) is 11.5 Å². The zero-order valence-electron chi connectivity index (χ0n) is 14.4. The van der Waals surface area contributed by atoms with Crippen LogP contribution in [-0.4, -0.2) is 36.0 Å². The summed E-state index contributed by atoms with van der Waals surface area (Å²) in [5, 5.41) is 1.00. The molecule has 3 rings (SSSR count). The molecule has 130 valence electrons. The van der Waals surface area contributed by atoms with Crippen LogP contribution in [0.25, 0.3) is 10.9 Å².